The van der Waals surface area contributed by atoms with Crippen LogP contribution in [0, 0.1) is 0 Å². The van der Waals surface area contributed by atoms with Crippen LogP contribution in [0.25, 0.3) is 0 Å². The van der Waals surface area contributed by atoms with Crippen molar-refractivity contribution in [3.8, 4) is 0 Å². The fraction of sp³-hybridized carbons (Fsp3) is 0.778. The third kappa shape index (κ3) is 3.89. The highest BCUT2D eigenvalue weighted by molar-refractivity contribution is 5.29. The van der Waals surface area contributed by atoms with Gasteiger partial charge in [-0.25, -0.2) is 0 Å². The molecule has 1 aliphatic heterocycles. The normalized spacial score (nSPS) is 25.8. The summed E-state index contributed by atoms with van der Waals surface area (Å²) >= 11 is 0. The SMILES string of the molecule is CCCNC1CCCCc2cn(CCC3CCCO3)cc21. The molecule has 0 spiro atoms. The molecule has 2 unspecified atom stereocenters. The Morgan fingerprint density at radius 3 is 3.00 bits per heavy atom. The van der Waals surface area contributed by atoms with Gasteiger partial charge in [0.25, 0.3) is 0 Å². The van der Waals surface area contributed by atoms with E-state index in [0.717, 1.165) is 19.7 Å². The van der Waals surface area contributed by atoms with Crippen LogP contribution in [0.2, 0.25) is 0 Å². The quantitative estimate of drug-likeness (QED) is 0.806. The zero-order valence-corrected chi connectivity index (χ0v) is 13.4. The summed E-state index contributed by atoms with van der Waals surface area (Å²) in [5.41, 5.74) is 3.14. The zero-order valence-electron chi connectivity index (χ0n) is 13.4. The molecule has 0 bridgehead atoms. The molecule has 2 atom stereocenters. The van der Waals surface area contributed by atoms with Gasteiger partial charge in [-0.05, 0) is 62.6 Å². The third-order valence-corrected chi connectivity index (χ3v) is 4.94. The van der Waals surface area contributed by atoms with Crippen LogP contribution in [0.1, 0.15) is 69.0 Å². The summed E-state index contributed by atoms with van der Waals surface area (Å²) < 4.78 is 8.16. The number of ether oxygens (including phenoxy) is 1. The Kier molecular flexibility index (Phi) is 5.37. The van der Waals surface area contributed by atoms with Crippen LogP contribution in [0.15, 0.2) is 12.4 Å². The maximum atomic E-state index is 5.75. The van der Waals surface area contributed by atoms with Crippen molar-refractivity contribution in [2.24, 2.45) is 0 Å². The maximum Gasteiger partial charge on any atom is 0.0593 e. The molecule has 3 heteroatoms. The summed E-state index contributed by atoms with van der Waals surface area (Å²) in [5.74, 6) is 0. The van der Waals surface area contributed by atoms with Crippen LogP contribution in [0.3, 0.4) is 0 Å². The first-order valence-corrected chi connectivity index (χ1v) is 8.90. The first-order valence-electron chi connectivity index (χ1n) is 8.90. The summed E-state index contributed by atoms with van der Waals surface area (Å²) in [6.07, 6.45) is 15.4. The van der Waals surface area contributed by atoms with Crippen molar-refractivity contribution >= 4 is 0 Å². The molecule has 1 aromatic rings. The topological polar surface area (TPSA) is 26.2 Å². The minimum absolute atomic E-state index is 0.501. The lowest BCUT2D eigenvalue weighted by Crippen LogP contribution is -2.21. The predicted molar refractivity (Wildman–Crippen MR) is 86.6 cm³/mol. The van der Waals surface area contributed by atoms with E-state index in [1.54, 1.807) is 11.1 Å². The smallest absolute Gasteiger partial charge is 0.0593 e. The number of hydrogen-bond donors (Lipinski definition) is 1. The first-order chi connectivity index (χ1) is 10.4. The summed E-state index contributed by atoms with van der Waals surface area (Å²) in [5, 5.41) is 3.74. The molecule has 2 aliphatic rings. The Bertz CT molecular complexity index is 434. The van der Waals surface area contributed by atoms with Gasteiger partial charge in [0, 0.05) is 31.6 Å². The number of hydrogen-bond acceptors (Lipinski definition) is 2. The summed E-state index contributed by atoms with van der Waals surface area (Å²) in [4.78, 5) is 0. The van der Waals surface area contributed by atoms with Crippen molar-refractivity contribution in [3.05, 3.63) is 23.5 Å². The standard InChI is InChI=1S/C18H30N2O/c1-2-10-19-18-8-4-3-6-15-13-20(14-17(15)18)11-9-16-7-5-12-21-16/h13-14,16,18-19H,2-12H2,1H3. The molecule has 1 saturated heterocycles. The molecule has 0 aromatic carbocycles. The Morgan fingerprint density at radius 1 is 1.24 bits per heavy atom. The lowest BCUT2D eigenvalue weighted by molar-refractivity contribution is 0.100. The van der Waals surface area contributed by atoms with Crippen molar-refractivity contribution in [2.75, 3.05) is 13.2 Å². The van der Waals surface area contributed by atoms with Gasteiger partial charge in [-0.3, -0.25) is 0 Å². The van der Waals surface area contributed by atoms with E-state index in [9.17, 15) is 0 Å². The highest BCUT2D eigenvalue weighted by atomic mass is 16.5. The third-order valence-electron chi connectivity index (χ3n) is 4.94. The number of aromatic nitrogens is 1. The van der Waals surface area contributed by atoms with Gasteiger partial charge in [-0.2, -0.15) is 0 Å². The average molecular weight is 290 g/mol. The fourth-order valence-corrected chi connectivity index (χ4v) is 3.74. The number of nitrogens with zero attached hydrogens (tertiary/aromatic N) is 1. The van der Waals surface area contributed by atoms with Gasteiger partial charge in [-0.1, -0.05) is 13.3 Å². The number of rotatable bonds is 6. The second kappa shape index (κ2) is 7.46. The van der Waals surface area contributed by atoms with Gasteiger partial charge >= 0.3 is 0 Å². The molecule has 0 saturated carbocycles. The van der Waals surface area contributed by atoms with Crippen molar-refractivity contribution in [2.45, 2.75) is 77.0 Å². The Morgan fingerprint density at radius 2 is 2.19 bits per heavy atom. The average Bonchev–Trinajstić information content (AvgIpc) is 3.11. The zero-order chi connectivity index (χ0) is 14.5. The van der Waals surface area contributed by atoms with Crippen LogP contribution in [0.4, 0.5) is 0 Å². The monoisotopic (exact) mass is 290 g/mol. The number of nitrogens with one attached hydrogen (secondary N) is 1. The summed E-state index contributed by atoms with van der Waals surface area (Å²) in [6, 6.07) is 0.575. The maximum absolute atomic E-state index is 5.75. The van der Waals surface area contributed by atoms with Gasteiger partial charge in [0.15, 0.2) is 0 Å². The van der Waals surface area contributed by atoms with Gasteiger partial charge in [0.2, 0.25) is 0 Å². The number of fused-ring (bicyclic) bond motifs is 1. The molecule has 2 heterocycles. The minimum atomic E-state index is 0.501. The van der Waals surface area contributed by atoms with Gasteiger partial charge < -0.3 is 14.6 Å². The molecule has 1 aromatic heterocycles. The predicted octanol–water partition coefficient (Wildman–Crippen LogP) is 3.82. The molecule has 1 aliphatic carbocycles. The van der Waals surface area contributed by atoms with Crippen molar-refractivity contribution in [1.82, 2.24) is 9.88 Å². The van der Waals surface area contributed by atoms with E-state index in [-0.39, 0.29) is 0 Å². The lowest BCUT2D eigenvalue weighted by atomic mass is 10.0. The van der Waals surface area contributed by atoms with Gasteiger partial charge in [0.05, 0.1) is 6.10 Å². The summed E-state index contributed by atoms with van der Waals surface area (Å²) in [7, 11) is 0. The van der Waals surface area contributed by atoms with E-state index in [2.05, 4.69) is 29.2 Å². The minimum Gasteiger partial charge on any atom is -0.378 e. The van der Waals surface area contributed by atoms with Crippen molar-refractivity contribution in [1.29, 1.82) is 0 Å². The van der Waals surface area contributed by atoms with Crippen LogP contribution >= 0.6 is 0 Å². The summed E-state index contributed by atoms with van der Waals surface area (Å²) in [6.45, 7) is 5.45. The molecule has 1 fully saturated rings. The van der Waals surface area contributed by atoms with E-state index in [4.69, 9.17) is 4.74 Å². The van der Waals surface area contributed by atoms with E-state index in [1.165, 1.54) is 51.4 Å². The van der Waals surface area contributed by atoms with Gasteiger partial charge in [0.1, 0.15) is 0 Å². The van der Waals surface area contributed by atoms with E-state index in [0.29, 0.717) is 12.1 Å². The largest absolute Gasteiger partial charge is 0.378 e. The second-order valence-electron chi connectivity index (χ2n) is 6.65. The molecule has 0 amide bonds. The highest BCUT2D eigenvalue weighted by Gasteiger charge is 2.21. The molecule has 0 radical (unpaired) electrons. The second-order valence-corrected chi connectivity index (χ2v) is 6.65. The Labute approximate surface area is 129 Å². The molecule has 3 rings (SSSR count). The van der Waals surface area contributed by atoms with Crippen LogP contribution in [0.5, 0.6) is 0 Å². The lowest BCUT2D eigenvalue weighted by Gasteiger charge is -2.16. The molecule has 1 N–H and O–H groups in total. The van der Waals surface area contributed by atoms with E-state index < -0.39 is 0 Å². The van der Waals surface area contributed by atoms with Crippen LogP contribution in [-0.4, -0.2) is 23.8 Å². The molecular formula is C18H30N2O. The van der Waals surface area contributed by atoms with Crippen LogP contribution in [-0.2, 0) is 17.7 Å². The number of aryl methyl sites for hydroxylation is 2. The molecule has 21 heavy (non-hydrogen) atoms. The van der Waals surface area contributed by atoms with Crippen LogP contribution < -0.4 is 5.32 Å². The Balaban J connectivity index is 1.64. The molecular weight excluding hydrogens is 260 g/mol. The highest BCUT2D eigenvalue weighted by Crippen LogP contribution is 2.30. The van der Waals surface area contributed by atoms with E-state index in [1.807, 2.05) is 0 Å². The van der Waals surface area contributed by atoms with Crippen molar-refractivity contribution in [3.63, 3.8) is 0 Å². The fourth-order valence-electron chi connectivity index (χ4n) is 3.74. The van der Waals surface area contributed by atoms with E-state index >= 15 is 0 Å². The van der Waals surface area contributed by atoms with Gasteiger partial charge in [-0.15, -0.1) is 0 Å². The van der Waals surface area contributed by atoms with Crippen molar-refractivity contribution < 1.29 is 4.74 Å². The Hall–Kier alpha value is -0.800. The molecule has 3 nitrogen and oxygen atoms in total. The first kappa shape index (κ1) is 15.1. The molecule has 118 valence electrons.